The normalized spacial score (nSPS) is 9.93. The topological polar surface area (TPSA) is 55.1 Å². The molecule has 0 atom stereocenters. The second-order valence-electron chi connectivity index (χ2n) is 3.14. The van der Waals surface area contributed by atoms with Gasteiger partial charge in [0.2, 0.25) is 5.91 Å². The first-order valence-corrected chi connectivity index (χ1v) is 5.32. The fourth-order valence-electron chi connectivity index (χ4n) is 1.25. The number of amides is 1. The summed E-state index contributed by atoms with van der Waals surface area (Å²) in [6.07, 6.45) is 0. The lowest BCUT2D eigenvalue weighted by Crippen LogP contribution is -2.19. The maximum absolute atomic E-state index is 11.1. The number of carbonyl (C=O) groups is 1. The molecule has 1 aromatic carbocycles. The highest BCUT2D eigenvalue weighted by atomic mass is 79.9. The van der Waals surface area contributed by atoms with Crippen LogP contribution in [0.25, 0.3) is 0 Å². The molecule has 0 radical (unpaired) electrons. The maximum atomic E-state index is 11.1. The highest BCUT2D eigenvalue weighted by molar-refractivity contribution is 9.11. The Kier molecular flexibility index (Phi) is 4.52. The summed E-state index contributed by atoms with van der Waals surface area (Å²) in [5.74, 6) is -0.398. The van der Waals surface area contributed by atoms with Gasteiger partial charge in [-0.3, -0.25) is 4.79 Å². The molecule has 0 aliphatic carbocycles. The van der Waals surface area contributed by atoms with Crippen molar-refractivity contribution in [2.24, 2.45) is 5.73 Å². The van der Waals surface area contributed by atoms with Crippen LogP contribution in [-0.4, -0.2) is 12.5 Å². The van der Waals surface area contributed by atoms with Gasteiger partial charge in [0.25, 0.3) is 0 Å². The van der Waals surface area contributed by atoms with E-state index in [-0.39, 0.29) is 0 Å². The highest BCUT2D eigenvalue weighted by Gasteiger charge is 2.05. The minimum absolute atomic E-state index is 0.398. The lowest BCUT2D eigenvalue weighted by molar-refractivity contribution is 0.0999. The van der Waals surface area contributed by atoms with E-state index in [4.69, 9.17) is 5.73 Å². The Morgan fingerprint density at radius 2 is 2.13 bits per heavy atom. The summed E-state index contributed by atoms with van der Waals surface area (Å²) < 4.78 is 0.874. The molecule has 0 saturated heterocycles. The zero-order chi connectivity index (χ0) is 11.3. The third-order valence-electron chi connectivity index (χ3n) is 1.92. The van der Waals surface area contributed by atoms with Crippen LogP contribution in [0.15, 0.2) is 35.3 Å². The molecule has 0 unspecified atom stereocenters. The molecule has 0 aliphatic heterocycles. The molecule has 0 fully saturated rings. The van der Waals surface area contributed by atoms with Crippen LogP contribution in [-0.2, 0) is 6.54 Å². The zero-order valence-electron chi connectivity index (χ0n) is 8.29. The van der Waals surface area contributed by atoms with Crippen molar-refractivity contribution < 1.29 is 4.79 Å². The molecule has 80 valence electrons. The van der Waals surface area contributed by atoms with E-state index in [1.165, 1.54) is 0 Å². The number of nitrogens with two attached hydrogens (primary N) is 1. The Morgan fingerprint density at radius 1 is 1.47 bits per heavy atom. The van der Waals surface area contributed by atoms with Crippen LogP contribution in [0.4, 0.5) is 0 Å². The smallest absolute Gasteiger partial charge is 0.249 e. The first-order chi connectivity index (χ1) is 7.11. The van der Waals surface area contributed by atoms with Crippen molar-refractivity contribution in [3.8, 4) is 0 Å². The first-order valence-electron chi connectivity index (χ1n) is 4.53. The molecule has 1 rings (SSSR count). The first kappa shape index (κ1) is 11.9. The molecule has 4 heteroatoms. The van der Waals surface area contributed by atoms with Crippen molar-refractivity contribution in [2.75, 3.05) is 6.54 Å². The Morgan fingerprint density at radius 3 is 2.73 bits per heavy atom. The predicted molar refractivity (Wildman–Crippen MR) is 64.7 cm³/mol. The van der Waals surface area contributed by atoms with Gasteiger partial charge in [0.15, 0.2) is 0 Å². The third kappa shape index (κ3) is 3.85. The summed E-state index contributed by atoms with van der Waals surface area (Å²) in [4.78, 5) is 11.1. The van der Waals surface area contributed by atoms with Crippen molar-refractivity contribution in [3.05, 3.63) is 46.5 Å². The third-order valence-corrected chi connectivity index (χ3v) is 2.20. The van der Waals surface area contributed by atoms with Crippen LogP contribution in [0.3, 0.4) is 0 Å². The van der Waals surface area contributed by atoms with E-state index in [1.807, 2.05) is 12.1 Å². The second kappa shape index (κ2) is 5.68. The fourth-order valence-corrected chi connectivity index (χ4v) is 1.45. The van der Waals surface area contributed by atoms with Gasteiger partial charge < -0.3 is 11.1 Å². The molecule has 0 heterocycles. The van der Waals surface area contributed by atoms with Crippen LogP contribution in [0.5, 0.6) is 0 Å². The molecule has 3 N–H and O–H groups in total. The second-order valence-corrected chi connectivity index (χ2v) is 4.26. The Hall–Kier alpha value is -1.13. The SMILES string of the molecule is C=C(Br)CNCc1ccccc1C(N)=O. The molecule has 15 heavy (non-hydrogen) atoms. The quantitative estimate of drug-likeness (QED) is 0.856. The van der Waals surface area contributed by atoms with Gasteiger partial charge >= 0.3 is 0 Å². The Labute approximate surface area is 97.5 Å². The van der Waals surface area contributed by atoms with Crippen LogP contribution in [0.1, 0.15) is 15.9 Å². The minimum atomic E-state index is -0.398. The number of rotatable bonds is 5. The summed E-state index contributed by atoms with van der Waals surface area (Å²) in [5, 5.41) is 3.14. The van der Waals surface area contributed by atoms with Crippen molar-refractivity contribution in [1.29, 1.82) is 0 Å². The lowest BCUT2D eigenvalue weighted by atomic mass is 10.1. The highest BCUT2D eigenvalue weighted by Crippen LogP contribution is 2.08. The molecule has 0 aliphatic rings. The zero-order valence-corrected chi connectivity index (χ0v) is 9.88. The van der Waals surface area contributed by atoms with Crippen molar-refractivity contribution in [3.63, 3.8) is 0 Å². The minimum Gasteiger partial charge on any atom is -0.366 e. The van der Waals surface area contributed by atoms with Crippen molar-refractivity contribution in [2.45, 2.75) is 6.54 Å². The largest absolute Gasteiger partial charge is 0.366 e. The van der Waals surface area contributed by atoms with Crippen LogP contribution in [0.2, 0.25) is 0 Å². The molecule has 1 aromatic rings. The summed E-state index contributed by atoms with van der Waals surface area (Å²) in [6, 6.07) is 7.28. The number of benzene rings is 1. The van der Waals surface area contributed by atoms with E-state index in [0.717, 1.165) is 10.0 Å². The number of carbonyl (C=O) groups excluding carboxylic acids is 1. The van der Waals surface area contributed by atoms with Crippen LogP contribution in [0, 0.1) is 0 Å². The van der Waals surface area contributed by atoms with Crippen LogP contribution >= 0.6 is 15.9 Å². The van der Waals surface area contributed by atoms with E-state index in [0.29, 0.717) is 18.7 Å². The molecule has 3 nitrogen and oxygen atoms in total. The molecule has 0 aromatic heterocycles. The average molecular weight is 269 g/mol. The summed E-state index contributed by atoms with van der Waals surface area (Å²) in [6.45, 7) is 4.97. The monoisotopic (exact) mass is 268 g/mol. The summed E-state index contributed by atoms with van der Waals surface area (Å²) in [7, 11) is 0. The van der Waals surface area contributed by atoms with Gasteiger partial charge in [-0.25, -0.2) is 0 Å². The van der Waals surface area contributed by atoms with Crippen molar-refractivity contribution in [1.82, 2.24) is 5.32 Å². The average Bonchev–Trinajstić information content (AvgIpc) is 2.17. The number of hydrogen-bond donors (Lipinski definition) is 2. The van der Waals surface area contributed by atoms with Gasteiger partial charge in [0.1, 0.15) is 0 Å². The van der Waals surface area contributed by atoms with E-state index >= 15 is 0 Å². The Bertz CT molecular complexity index is 377. The predicted octanol–water partition coefficient (Wildman–Crippen LogP) is 1.78. The van der Waals surface area contributed by atoms with Gasteiger partial charge in [-0.1, -0.05) is 40.7 Å². The molecule has 0 spiro atoms. The van der Waals surface area contributed by atoms with Gasteiger partial charge in [-0.05, 0) is 11.6 Å². The van der Waals surface area contributed by atoms with Crippen LogP contribution < -0.4 is 11.1 Å². The van der Waals surface area contributed by atoms with Gasteiger partial charge in [-0.2, -0.15) is 0 Å². The Balaban J connectivity index is 2.67. The summed E-state index contributed by atoms with van der Waals surface area (Å²) in [5.41, 5.74) is 6.71. The molecule has 0 bridgehead atoms. The van der Waals surface area contributed by atoms with E-state index in [1.54, 1.807) is 12.1 Å². The summed E-state index contributed by atoms with van der Waals surface area (Å²) >= 11 is 3.25. The molecule has 1 amide bonds. The van der Waals surface area contributed by atoms with E-state index in [2.05, 4.69) is 27.8 Å². The van der Waals surface area contributed by atoms with E-state index in [9.17, 15) is 4.79 Å². The fraction of sp³-hybridized carbons (Fsp3) is 0.182. The number of primary amides is 1. The lowest BCUT2D eigenvalue weighted by Gasteiger charge is -2.07. The number of halogens is 1. The van der Waals surface area contributed by atoms with Gasteiger partial charge in [-0.15, -0.1) is 0 Å². The standard InChI is InChI=1S/C11H13BrN2O/c1-8(12)6-14-7-9-4-2-3-5-10(9)11(13)15/h2-5,14H,1,6-7H2,(H2,13,15). The number of nitrogens with one attached hydrogen (secondary N) is 1. The molecular weight excluding hydrogens is 256 g/mol. The van der Waals surface area contributed by atoms with Gasteiger partial charge in [0.05, 0.1) is 0 Å². The maximum Gasteiger partial charge on any atom is 0.249 e. The van der Waals surface area contributed by atoms with Crippen molar-refractivity contribution >= 4 is 21.8 Å². The molecule has 0 saturated carbocycles. The molecular formula is C11H13BrN2O. The van der Waals surface area contributed by atoms with Gasteiger partial charge in [0, 0.05) is 23.1 Å². The van der Waals surface area contributed by atoms with E-state index < -0.39 is 5.91 Å². The number of hydrogen-bond acceptors (Lipinski definition) is 2.